The molecule has 0 amide bonds. The van der Waals surface area contributed by atoms with E-state index in [-0.39, 0.29) is 24.0 Å². The van der Waals surface area contributed by atoms with Crippen LogP contribution in [0, 0.1) is 0 Å². The molecular weight excluding hydrogens is 328 g/mol. The average Bonchev–Trinajstić information content (AvgIpc) is 2.57. The van der Waals surface area contributed by atoms with Crippen LogP contribution in [0.2, 0.25) is 0 Å². The van der Waals surface area contributed by atoms with Crippen molar-refractivity contribution in [3.63, 3.8) is 0 Å². The van der Waals surface area contributed by atoms with Gasteiger partial charge in [-0.1, -0.05) is 41.5 Å². The maximum atomic E-state index is 9.64. The zero-order valence-corrected chi connectivity index (χ0v) is 17.8. The molecule has 1 rings (SSSR count). The Balaban J connectivity index is 3.53. The molecule has 4 nitrogen and oxygen atoms in total. The van der Waals surface area contributed by atoms with Crippen molar-refractivity contribution in [1.29, 1.82) is 0 Å². The number of hydrogen-bond acceptors (Lipinski definition) is 4. The molecule has 1 aromatic rings. The third-order valence-corrected chi connectivity index (χ3v) is 5.27. The number of benzene rings is 1. The predicted octanol–water partition coefficient (Wildman–Crippen LogP) is 4.58. The third-order valence-electron chi connectivity index (χ3n) is 5.27. The second-order valence-corrected chi connectivity index (χ2v) is 8.64. The van der Waals surface area contributed by atoms with Crippen LogP contribution in [0.25, 0.3) is 0 Å². The number of rotatable bonds is 10. The zero-order valence-electron chi connectivity index (χ0n) is 17.8. The topological polar surface area (TPSA) is 58.9 Å². The van der Waals surface area contributed by atoms with E-state index in [1.807, 2.05) is 6.07 Å². The van der Waals surface area contributed by atoms with Gasteiger partial charge in [0.25, 0.3) is 0 Å². The molecule has 0 aliphatic rings. The summed E-state index contributed by atoms with van der Waals surface area (Å²) in [6, 6.07) is 4.13. The van der Waals surface area contributed by atoms with E-state index >= 15 is 0 Å². The quantitative estimate of drug-likeness (QED) is 0.636. The largest absolute Gasteiger partial charge is 0.490 e. The van der Waals surface area contributed by atoms with E-state index in [0.29, 0.717) is 0 Å². The number of hydrogen-bond donors (Lipinski definition) is 2. The Labute approximate surface area is 159 Å². The van der Waals surface area contributed by atoms with Gasteiger partial charge in [0, 0.05) is 17.2 Å². The van der Waals surface area contributed by atoms with Gasteiger partial charge in [-0.05, 0) is 43.6 Å². The lowest BCUT2D eigenvalue weighted by molar-refractivity contribution is 0.116. The average molecular weight is 367 g/mol. The van der Waals surface area contributed by atoms with Gasteiger partial charge in [-0.2, -0.15) is 0 Å². The molecule has 4 heteroatoms. The Morgan fingerprint density at radius 1 is 0.769 bits per heavy atom. The molecule has 0 radical (unpaired) electrons. The Morgan fingerprint density at radius 2 is 1.12 bits per heavy atom. The molecule has 0 heterocycles. The van der Waals surface area contributed by atoms with Crippen molar-refractivity contribution in [3.8, 4) is 11.5 Å². The SMILES string of the molecule is CCC(C)(C)c1cc(C(C)(C)CC)c(OCC(C)O)cc1OCC(C)O. The minimum absolute atomic E-state index is 0.0601. The summed E-state index contributed by atoms with van der Waals surface area (Å²) in [5, 5.41) is 19.3. The van der Waals surface area contributed by atoms with E-state index in [4.69, 9.17) is 9.47 Å². The Bertz CT molecular complexity index is 527. The minimum atomic E-state index is -0.541. The molecule has 26 heavy (non-hydrogen) atoms. The molecular formula is C22H38O4. The molecule has 0 spiro atoms. The van der Waals surface area contributed by atoms with Crippen molar-refractivity contribution in [1.82, 2.24) is 0 Å². The fourth-order valence-electron chi connectivity index (χ4n) is 2.66. The van der Waals surface area contributed by atoms with Crippen molar-refractivity contribution in [2.24, 2.45) is 0 Å². The van der Waals surface area contributed by atoms with Gasteiger partial charge in [0.1, 0.15) is 24.7 Å². The zero-order chi connectivity index (χ0) is 20.1. The molecule has 0 fully saturated rings. The highest BCUT2D eigenvalue weighted by atomic mass is 16.5. The number of ether oxygens (including phenoxy) is 2. The molecule has 0 bridgehead atoms. The van der Waals surface area contributed by atoms with Crippen LogP contribution in [-0.2, 0) is 10.8 Å². The molecule has 2 atom stereocenters. The lowest BCUT2D eigenvalue weighted by Gasteiger charge is -2.32. The van der Waals surface area contributed by atoms with E-state index in [9.17, 15) is 10.2 Å². The third kappa shape index (κ3) is 5.88. The Morgan fingerprint density at radius 3 is 1.38 bits per heavy atom. The number of aliphatic hydroxyl groups excluding tert-OH is 2. The summed E-state index contributed by atoms with van der Waals surface area (Å²) in [6.07, 6.45) is 0.859. The summed E-state index contributed by atoms with van der Waals surface area (Å²) in [5.41, 5.74) is 2.13. The normalized spacial score (nSPS) is 14.8. The fraction of sp³-hybridized carbons (Fsp3) is 0.727. The van der Waals surface area contributed by atoms with Crippen molar-refractivity contribution >= 4 is 0 Å². The standard InChI is InChI=1S/C22H38O4/c1-9-21(5,6)17-11-18(22(7,8)10-2)20(26-14-16(4)24)12-19(17)25-13-15(3)23/h11-12,15-16,23-24H,9-10,13-14H2,1-8H3. The van der Waals surface area contributed by atoms with Crippen LogP contribution >= 0.6 is 0 Å². The van der Waals surface area contributed by atoms with E-state index < -0.39 is 12.2 Å². The second-order valence-electron chi connectivity index (χ2n) is 8.64. The molecule has 2 N–H and O–H groups in total. The van der Waals surface area contributed by atoms with E-state index in [1.54, 1.807) is 13.8 Å². The van der Waals surface area contributed by atoms with Crippen molar-refractivity contribution in [2.75, 3.05) is 13.2 Å². The predicted molar refractivity (Wildman–Crippen MR) is 107 cm³/mol. The summed E-state index contributed by atoms with van der Waals surface area (Å²) in [7, 11) is 0. The maximum absolute atomic E-state index is 9.64. The van der Waals surface area contributed by atoms with Crippen LogP contribution in [0.15, 0.2) is 12.1 Å². The van der Waals surface area contributed by atoms with Gasteiger partial charge in [0.05, 0.1) is 12.2 Å². The molecule has 0 saturated heterocycles. The van der Waals surface area contributed by atoms with Crippen LogP contribution in [0.4, 0.5) is 0 Å². The van der Waals surface area contributed by atoms with Gasteiger partial charge < -0.3 is 19.7 Å². The lowest BCUT2D eigenvalue weighted by Crippen LogP contribution is -2.24. The van der Waals surface area contributed by atoms with E-state index in [2.05, 4.69) is 47.6 Å². The Hall–Kier alpha value is -1.26. The molecule has 150 valence electrons. The lowest BCUT2D eigenvalue weighted by atomic mass is 9.76. The van der Waals surface area contributed by atoms with Gasteiger partial charge in [0.2, 0.25) is 0 Å². The molecule has 0 aliphatic carbocycles. The first-order valence-corrected chi connectivity index (χ1v) is 9.75. The Kier molecular flexibility index (Phi) is 7.97. The second kappa shape index (κ2) is 9.09. The van der Waals surface area contributed by atoms with Gasteiger partial charge in [-0.3, -0.25) is 0 Å². The van der Waals surface area contributed by atoms with Crippen LogP contribution in [0.1, 0.15) is 79.4 Å². The van der Waals surface area contributed by atoms with E-state index in [0.717, 1.165) is 35.5 Å². The smallest absolute Gasteiger partial charge is 0.126 e. The van der Waals surface area contributed by atoms with Gasteiger partial charge in [-0.15, -0.1) is 0 Å². The highest BCUT2D eigenvalue weighted by Gasteiger charge is 2.30. The van der Waals surface area contributed by atoms with E-state index in [1.165, 1.54) is 0 Å². The minimum Gasteiger partial charge on any atom is -0.490 e. The van der Waals surface area contributed by atoms with Crippen LogP contribution in [-0.4, -0.2) is 35.6 Å². The van der Waals surface area contributed by atoms with Crippen molar-refractivity contribution < 1.29 is 19.7 Å². The molecule has 0 saturated carbocycles. The fourth-order valence-corrected chi connectivity index (χ4v) is 2.66. The monoisotopic (exact) mass is 366 g/mol. The van der Waals surface area contributed by atoms with Gasteiger partial charge in [0.15, 0.2) is 0 Å². The molecule has 0 aromatic heterocycles. The number of aliphatic hydroxyl groups is 2. The highest BCUT2D eigenvalue weighted by Crippen LogP contribution is 2.43. The van der Waals surface area contributed by atoms with Crippen LogP contribution in [0.5, 0.6) is 11.5 Å². The maximum Gasteiger partial charge on any atom is 0.126 e. The molecule has 0 aliphatic heterocycles. The summed E-state index contributed by atoms with van der Waals surface area (Å²) >= 11 is 0. The first-order valence-electron chi connectivity index (χ1n) is 9.75. The van der Waals surface area contributed by atoms with Gasteiger partial charge in [-0.25, -0.2) is 0 Å². The summed E-state index contributed by atoms with van der Waals surface area (Å²) in [6.45, 7) is 17.1. The van der Waals surface area contributed by atoms with Crippen LogP contribution in [0.3, 0.4) is 0 Å². The summed E-state index contributed by atoms with van der Waals surface area (Å²) < 4.78 is 11.9. The van der Waals surface area contributed by atoms with Gasteiger partial charge >= 0.3 is 0 Å². The van der Waals surface area contributed by atoms with Crippen molar-refractivity contribution in [3.05, 3.63) is 23.3 Å². The first kappa shape index (κ1) is 22.8. The summed E-state index contributed by atoms with van der Waals surface area (Å²) in [4.78, 5) is 0. The highest BCUT2D eigenvalue weighted by molar-refractivity contribution is 5.52. The van der Waals surface area contributed by atoms with Crippen LogP contribution < -0.4 is 9.47 Å². The first-order chi connectivity index (χ1) is 11.9. The molecule has 1 aromatic carbocycles. The van der Waals surface area contributed by atoms with Crippen molar-refractivity contribution in [2.45, 2.75) is 91.3 Å². The summed E-state index contributed by atoms with van der Waals surface area (Å²) in [5.74, 6) is 1.49. The molecule has 2 unspecified atom stereocenters.